The topological polar surface area (TPSA) is 58.6 Å². The predicted molar refractivity (Wildman–Crippen MR) is 98.6 cm³/mol. The fourth-order valence-electron chi connectivity index (χ4n) is 2.89. The highest BCUT2D eigenvalue weighted by atomic mass is 35.5. The number of nitrogens with zero attached hydrogens (tertiary/aromatic N) is 1. The third-order valence-electron chi connectivity index (χ3n) is 4.41. The fourth-order valence-corrected chi connectivity index (χ4v) is 3.06. The van der Waals surface area contributed by atoms with E-state index in [1.54, 1.807) is 31.2 Å². The molecular weight excluding hydrogens is 397 g/mol. The highest BCUT2D eigenvalue weighted by Crippen LogP contribution is 2.39. The number of hydrogen-bond donors (Lipinski definition) is 1. The number of halogens is 4. The quantitative estimate of drug-likeness (QED) is 0.755. The first kappa shape index (κ1) is 20.0. The Morgan fingerprint density at radius 1 is 1.25 bits per heavy atom. The average molecular weight is 413 g/mol. The molecular formula is C19H16ClF3N2O3. The molecule has 1 N–H and O–H groups in total. The lowest BCUT2D eigenvalue weighted by molar-refractivity contribution is -0.145. The molecule has 2 amide bonds. The summed E-state index contributed by atoms with van der Waals surface area (Å²) in [5, 5.41) is 2.20. The van der Waals surface area contributed by atoms with E-state index < -0.39 is 29.2 Å². The van der Waals surface area contributed by atoms with E-state index in [1.807, 2.05) is 0 Å². The maximum atomic E-state index is 13.0. The molecule has 148 valence electrons. The smallest absolute Gasteiger partial charge is 0.416 e. The summed E-state index contributed by atoms with van der Waals surface area (Å²) >= 11 is 5.93. The molecule has 2 aromatic carbocycles. The second-order valence-electron chi connectivity index (χ2n) is 6.30. The Kier molecular flexibility index (Phi) is 5.01. The van der Waals surface area contributed by atoms with Crippen molar-refractivity contribution in [3.05, 3.63) is 53.1 Å². The van der Waals surface area contributed by atoms with Gasteiger partial charge in [-0.1, -0.05) is 23.7 Å². The molecule has 1 aliphatic rings. The van der Waals surface area contributed by atoms with Crippen molar-refractivity contribution in [2.75, 3.05) is 16.8 Å². The van der Waals surface area contributed by atoms with E-state index in [0.717, 1.165) is 12.1 Å². The number of carbonyl (C=O) groups excluding carboxylic acids is 2. The molecule has 1 unspecified atom stereocenters. The van der Waals surface area contributed by atoms with Crippen molar-refractivity contribution in [1.29, 1.82) is 0 Å². The maximum Gasteiger partial charge on any atom is 0.416 e. The Morgan fingerprint density at radius 3 is 2.57 bits per heavy atom. The molecule has 0 radical (unpaired) electrons. The van der Waals surface area contributed by atoms with Gasteiger partial charge in [0.2, 0.25) is 0 Å². The zero-order chi connectivity index (χ0) is 20.7. The van der Waals surface area contributed by atoms with Gasteiger partial charge in [0, 0.05) is 6.54 Å². The Morgan fingerprint density at radius 2 is 1.93 bits per heavy atom. The fraction of sp³-hybridized carbons (Fsp3) is 0.263. The number of benzene rings is 2. The number of nitrogens with one attached hydrogen (secondary N) is 1. The molecule has 0 aliphatic carbocycles. The van der Waals surface area contributed by atoms with E-state index in [1.165, 1.54) is 11.8 Å². The Balaban J connectivity index is 1.96. The second-order valence-corrected chi connectivity index (χ2v) is 6.71. The molecule has 0 spiro atoms. The predicted octanol–water partition coefficient (Wildman–Crippen LogP) is 4.50. The molecule has 2 aromatic rings. The van der Waals surface area contributed by atoms with Gasteiger partial charge in [-0.3, -0.25) is 9.59 Å². The van der Waals surface area contributed by atoms with Gasteiger partial charge < -0.3 is 15.0 Å². The van der Waals surface area contributed by atoms with Gasteiger partial charge in [-0.15, -0.1) is 0 Å². The van der Waals surface area contributed by atoms with E-state index in [4.69, 9.17) is 16.3 Å². The lowest BCUT2D eigenvalue weighted by Gasteiger charge is -2.39. The first-order valence-corrected chi connectivity index (χ1v) is 8.74. The summed E-state index contributed by atoms with van der Waals surface area (Å²) in [7, 11) is 0. The number of anilines is 2. The van der Waals surface area contributed by atoms with Crippen molar-refractivity contribution < 1.29 is 27.5 Å². The normalized spacial score (nSPS) is 19.1. The van der Waals surface area contributed by atoms with Gasteiger partial charge in [0.1, 0.15) is 5.75 Å². The molecule has 9 heteroatoms. The first-order chi connectivity index (χ1) is 13.1. The Labute approximate surface area is 164 Å². The lowest BCUT2D eigenvalue weighted by Crippen LogP contribution is -2.60. The van der Waals surface area contributed by atoms with E-state index in [2.05, 4.69) is 5.32 Å². The highest BCUT2D eigenvalue weighted by Gasteiger charge is 2.50. The Hall–Kier alpha value is -2.74. The molecule has 0 bridgehead atoms. The zero-order valence-corrected chi connectivity index (χ0v) is 15.7. The molecule has 1 heterocycles. The molecule has 3 rings (SSSR count). The highest BCUT2D eigenvalue weighted by molar-refractivity contribution is 6.34. The van der Waals surface area contributed by atoms with Gasteiger partial charge >= 0.3 is 6.18 Å². The maximum absolute atomic E-state index is 13.0. The van der Waals surface area contributed by atoms with Crippen LogP contribution in [0.25, 0.3) is 0 Å². The van der Waals surface area contributed by atoms with Gasteiger partial charge in [-0.25, -0.2) is 0 Å². The van der Waals surface area contributed by atoms with Crippen LogP contribution in [0.5, 0.6) is 5.75 Å². The van der Waals surface area contributed by atoms with Crippen LogP contribution in [0.4, 0.5) is 24.5 Å². The van der Waals surface area contributed by atoms with E-state index in [0.29, 0.717) is 17.5 Å². The van der Waals surface area contributed by atoms with Crippen molar-refractivity contribution >= 4 is 34.8 Å². The van der Waals surface area contributed by atoms with Crippen LogP contribution in [0.2, 0.25) is 5.02 Å². The first-order valence-electron chi connectivity index (χ1n) is 8.36. The SMILES string of the molecule is CCN1C(=O)C(C)(C(=O)Nc2cc(C(F)(F)F)ccc2Cl)Oc2ccccc21. The van der Waals surface area contributed by atoms with E-state index in [9.17, 15) is 22.8 Å². The third-order valence-corrected chi connectivity index (χ3v) is 4.74. The van der Waals surface area contributed by atoms with Crippen molar-refractivity contribution in [2.24, 2.45) is 0 Å². The molecule has 0 fully saturated rings. The summed E-state index contributed by atoms with van der Waals surface area (Å²) in [6.45, 7) is 3.29. The number of amides is 2. The number of rotatable bonds is 3. The summed E-state index contributed by atoms with van der Waals surface area (Å²) in [6.07, 6.45) is -4.61. The molecule has 0 saturated heterocycles. The van der Waals surface area contributed by atoms with Gasteiger partial charge in [-0.05, 0) is 44.2 Å². The number of fused-ring (bicyclic) bond motifs is 1. The summed E-state index contributed by atoms with van der Waals surface area (Å²) in [6, 6.07) is 9.23. The van der Waals surface area contributed by atoms with Crippen LogP contribution in [0.1, 0.15) is 19.4 Å². The average Bonchev–Trinajstić information content (AvgIpc) is 2.63. The van der Waals surface area contributed by atoms with Gasteiger partial charge in [-0.2, -0.15) is 13.2 Å². The summed E-state index contributed by atoms with van der Waals surface area (Å²) < 4.78 is 44.5. The van der Waals surface area contributed by atoms with Crippen molar-refractivity contribution in [3.63, 3.8) is 0 Å². The standard InChI is InChI=1S/C19H16ClF3N2O3/c1-3-25-14-6-4-5-7-15(14)28-18(2,17(25)27)16(26)24-13-10-11(19(21,22)23)8-9-12(13)20/h4-10H,3H2,1-2H3,(H,24,26). The molecule has 1 atom stereocenters. The zero-order valence-electron chi connectivity index (χ0n) is 14.9. The molecule has 0 saturated carbocycles. The molecule has 28 heavy (non-hydrogen) atoms. The second kappa shape index (κ2) is 7.01. The largest absolute Gasteiger partial charge is 0.465 e. The number of para-hydroxylation sites is 2. The minimum absolute atomic E-state index is 0.0963. The van der Waals surface area contributed by atoms with Crippen LogP contribution in [-0.4, -0.2) is 24.0 Å². The number of alkyl halides is 3. The molecule has 0 aromatic heterocycles. The molecule has 1 aliphatic heterocycles. The van der Waals surface area contributed by atoms with E-state index in [-0.39, 0.29) is 17.3 Å². The third kappa shape index (κ3) is 3.40. The van der Waals surface area contributed by atoms with Gasteiger partial charge in [0.25, 0.3) is 17.4 Å². The van der Waals surface area contributed by atoms with Crippen LogP contribution < -0.4 is 15.0 Å². The van der Waals surface area contributed by atoms with Gasteiger partial charge in [0.05, 0.1) is 22.0 Å². The lowest BCUT2D eigenvalue weighted by atomic mass is 9.99. The summed E-state index contributed by atoms with van der Waals surface area (Å²) in [5.74, 6) is -1.24. The molecule has 5 nitrogen and oxygen atoms in total. The van der Waals surface area contributed by atoms with Crippen molar-refractivity contribution in [1.82, 2.24) is 0 Å². The van der Waals surface area contributed by atoms with Crippen LogP contribution in [0.15, 0.2) is 42.5 Å². The number of carbonyl (C=O) groups is 2. The monoisotopic (exact) mass is 412 g/mol. The number of hydrogen-bond acceptors (Lipinski definition) is 3. The van der Waals surface area contributed by atoms with Crippen LogP contribution in [0.3, 0.4) is 0 Å². The van der Waals surface area contributed by atoms with E-state index >= 15 is 0 Å². The van der Waals surface area contributed by atoms with Gasteiger partial charge in [0.15, 0.2) is 0 Å². The van der Waals surface area contributed by atoms with Crippen LogP contribution in [-0.2, 0) is 15.8 Å². The minimum atomic E-state index is -4.61. The number of ether oxygens (including phenoxy) is 1. The summed E-state index contributed by atoms with van der Waals surface area (Å²) in [5.41, 5.74) is -2.70. The Bertz CT molecular complexity index is 948. The van der Waals surface area contributed by atoms with Crippen LogP contribution in [0, 0.1) is 0 Å². The minimum Gasteiger partial charge on any atom is -0.465 e. The summed E-state index contributed by atoms with van der Waals surface area (Å²) in [4.78, 5) is 27.2. The van der Waals surface area contributed by atoms with Crippen molar-refractivity contribution in [3.8, 4) is 5.75 Å². The van der Waals surface area contributed by atoms with Crippen molar-refractivity contribution in [2.45, 2.75) is 25.6 Å². The number of likely N-dealkylation sites (N-methyl/N-ethyl adjacent to an activating group) is 1. The van der Waals surface area contributed by atoms with Crippen LogP contribution >= 0.6 is 11.6 Å².